The minimum absolute atomic E-state index is 0.391. The van der Waals surface area contributed by atoms with Gasteiger partial charge in [0.2, 0.25) is 0 Å². The zero-order chi connectivity index (χ0) is 8.77. The van der Waals surface area contributed by atoms with E-state index in [0.29, 0.717) is 5.33 Å². The van der Waals surface area contributed by atoms with Gasteiger partial charge >= 0.3 is 0 Å². The Morgan fingerprint density at radius 3 is 2.75 bits per heavy atom. The van der Waals surface area contributed by atoms with Crippen molar-refractivity contribution >= 4 is 27.3 Å². The maximum absolute atomic E-state index is 13.0. The number of hydrogen-bond acceptors (Lipinski definition) is 1. The topological polar surface area (TPSA) is 0 Å². The SMILES string of the molecule is FC1(F)[C@H](c2cccs2)[C@@H]1CBr. The summed E-state index contributed by atoms with van der Waals surface area (Å²) in [7, 11) is 0. The highest BCUT2D eigenvalue weighted by Crippen LogP contribution is 2.62. The molecule has 0 amide bonds. The molecule has 0 N–H and O–H groups in total. The van der Waals surface area contributed by atoms with Crippen LogP contribution in [0.2, 0.25) is 0 Å². The van der Waals surface area contributed by atoms with Crippen LogP contribution >= 0.6 is 27.3 Å². The van der Waals surface area contributed by atoms with Gasteiger partial charge in [-0.3, -0.25) is 0 Å². The van der Waals surface area contributed by atoms with Gasteiger partial charge in [-0.05, 0) is 11.4 Å². The Morgan fingerprint density at radius 2 is 2.33 bits per heavy atom. The summed E-state index contributed by atoms with van der Waals surface area (Å²) in [5.74, 6) is -3.50. The molecular formula is C8H7BrF2S. The van der Waals surface area contributed by atoms with Gasteiger partial charge in [0, 0.05) is 16.1 Å². The van der Waals surface area contributed by atoms with Crippen molar-refractivity contribution in [1.29, 1.82) is 0 Å². The first-order chi connectivity index (χ1) is 5.68. The molecule has 0 spiro atoms. The highest BCUT2D eigenvalue weighted by Gasteiger charge is 2.68. The lowest BCUT2D eigenvalue weighted by Crippen LogP contribution is -1.94. The Hall–Kier alpha value is 0.0400. The van der Waals surface area contributed by atoms with Crippen LogP contribution in [-0.2, 0) is 0 Å². The van der Waals surface area contributed by atoms with Crippen LogP contribution in [0.1, 0.15) is 10.8 Å². The zero-order valence-electron chi connectivity index (χ0n) is 6.14. The predicted octanol–water partition coefficient (Wildman–Crippen LogP) is 3.49. The molecule has 0 unspecified atom stereocenters. The lowest BCUT2D eigenvalue weighted by molar-refractivity contribution is 0.0977. The number of hydrogen-bond donors (Lipinski definition) is 0. The maximum atomic E-state index is 13.0. The van der Waals surface area contributed by atoms with E-state index in [4.69, 9.17) is 0 Å². The second kappa shape index (κ2) is 2.77. The van der Waals surface area contributed by atoms with E-state index < -0.39 is 17.8 Å². The van der Waals surface area contributed by atoms with Crippen molar-refractivity contribution < 1.29 is 8.78 Å². The Kier molecular flexibility index (Phi) is 1.99. The van der Waals surface area contributed by atoms with Crippen LogP contribution in [0.25, 0.3) is 0 Å². The van der Waals surface area contributed by atoms with E-state index in [0.717, 1.165) is 4.88 Å². The first-order valence-corrected chi connectivity index (χ1v) is 5.65. The summed E-state index contributed by atoms with van der Waals surface area (Å²) in [5.41, 5.74) is 0. The van der Waals surface area contributed by atoms with Crippen LogP contribution < -0.4 is 0 Å². The first kappa shape index (κ1) is 8.63. The van der Waals surface area contributed by atoms with Gasteiger partial charge in [0.15, 0.2) is 0 Å². The van der Waals surface area contributed by atoms with Crippen molar-refractivity contribution in [2.75, 3.05) is 5.33 Å². The molecule has 0 radical (unpaired) electrons. The predicted molar refractivity (Wildman–Crippen MR) is 49.3 cm³/mol. The molecule has 0 bridgehead atoms. The van der Waals surface area contributed by atoms with Crippen LogP contribution in [0.4, 0.5) is 8.78 Å². The summed E-state index contributed by atoms with van der Waals surface area (Å²) >= 11 is 4.52. The highest BCUT2D eigenvalue weighted by atomic mass is 79.9. The summed E-state index contributed by atoms with van der Waals surface area (Å²) in [6.07, 6.45) is 0. The van der Waals surface area contributed by atoms with Crippen LogP contribution in [0.5, 0.6) is 0 Å². The van der Waals surface area contributed by atoms with Gasteiger partial charge in [0.1, 0.15) is 0 Å². The number of rotatable bonds is 2. The molecule has 0 aromatic carbocycles. The Morgan fingerprint density at radius 1 is 1.58 bits per heavy atom. The average Bonchev–Trinajstić information content (AvgIpc) is 2.50. The van der Waals surface area contributed by atoms with Crippen molar-refractivity contribution in [3.8, 4) is 0 Å². The lowest BCUT2D eigenvalue weighted by Gasteiger charge is -1.90. The number of thiophene rings is 1. The van der Waals surface area contributed by atoms with Crippen molar-refractivity contribution in [2.24, 2.45) is 5.92 Å². The number of alkyl halides is 3. The van der Waals surface area contributed by atoms with Crippen LogP contribution in [0, 0.1) is 5.92 Å². The molecule has 0 nitrogen and oxygen atoms in total. The molecule has 1 aromatic heterocycles. The molecular weight excluding hydrogens is 246 g/mol. The Labute approximate surface area is 81.7 Å². The molecule has 2 atom stereocenters. The summed E-state index contributed by atoms with van der Waals surface area (Å²) in [5, 5.41) is 2.23. The van der Waals surface area contributed by atoms with Gasteiger partial charge in [0.25, 0.3) is 5.92 Å². The first-order valence-electron chi connectivity index (χ1n) is 3.65. The van der Waals surface area contributed by atoms with E-state index in [1.165, 1.54) is 11.3 Å². The zero-order valence-corrected chi connectivity index (χ0v) is 8.54. The van der Waals surface area contributed by atoms with Crippen LogP contribution in [-0.4, -0.2) is 11.3 Å². The fourth-order valence-corrected chi connectivity index (χ4v) is 3.18. The molecule has 1 aliphatic rings. The second-order valence-electron chi connectivity index (χ2n) is 2.93. The van der Waals surface area contributed by atoms with Crippen molar-refractivity contribution in [3.05, 3.63) is 22.4 Å². The van der Waals surface area contributed by atoms with E-state index in [1.807, 2.05) is 11.4 Å². The fourth-order valence-electron chi connectivity index (χ4n) is 1.44. The quantitative estimate of drug-likeness (QED) is 0.708. The monoisotopic (exact) mass is 252 g/mol. The largest absolute Gasteiger partial charge is 0.260 e. The van der Waals surface area contributed by atoms with Crippen molar-refractivity contribution in [3.63, 3.8) is 0 Å². The van der Waals surface area contributed by atoms with E-state index in [2.05, 4.69) is 15.9 Å². The maximum Gasteiger partial charge on any atom is 0.260 e. The highest BCUT2D eigenvalue weighted by molar-refractivity contribution is 9.09. The summed E-state index contributed by atoms with van der Waals surface area (Å²) in [6.45, 7) is 0. The van der Waals surface area contributed by atoms with Gasteiger partial charge in [-0.2, -0.15) is 0 Å². The number of halogens is 3. The molecule has 0 aliphatic heterocycles. The minimum atomic E-state index is -2.48. The van der Waals surface area contributed by atoms with Crippen molar-refractivity contribution in [1.82, 2.24) is 0 Å². The Bertz CT molecular complexity index is 271. The molecule has 4 heteroatoms. The normalized spacial score (nSPS) is 31.9. The van der Waals surface area contributed by atoms with E-state index in [9.17, 15) is 8.78 Å². The van der Waals surface area contributed by atoms with Gasteiger partial charge < -0.3 is 0 Å². The van der Waals surface area contributed by atoms with Gasteiger partial charge in [-0.25, -0.2) is 8.78 Å². The van der Waals surface area contributed by atoms with Gasteiger partial charge in [-0.15, -0.1) is 11.3 Å². The average molecular weight is 253 g/mol. The molecule has 2 rings (SSSR count). The molecule has 1 fully saturated rings. The third kappa shape index (κ3) is 1.12. The third-order valence-corrected chi connectivity index (χ3v) is 3.87. The summed E-state index contributed by atoms with van der Waals surface area (Å²) in [6, 6.07) is 3.60. The molecule has 12 heavy (non-hydrogen) atoms. The van der Waals surface area contributed by atoms with Crippen LogP contribution in [0.3, 0.4) is 0 Å². The Balaban J connectivity index is 2.19. The van der Waals surface area contributed by atoms with Crippen LogP contribution in [0.15, 0.2) is 17.5 Å². The van der Waals surface area contributed by atoms with Gasteiger partial charge in [-0.1, -0.05) is 22.0 Å². The third-order valence-electron chi connectivity index (χ3n) is 2.22. The second-order valence-corrected chi connectivity index (χ2v) is 4.56. The molecule has 0 saturated heterocycles. The molecule has 1 aromatic rings. The fraction of sp³-hybridized carbons (Fsp3) is 0.500. The smallest absolute Gasteiger partial charge is 0.206 e. The molecule has 1 heterocycles. The van der Waals surface area contributed by atoms with Gasteiger partial charge in [0.05, 0.1) is 5.92 Å². The van der Waals surface area contributed by atoms with Crippen molar-refractivity contribution in [2.45, 2.75) is 11.8 Å². The standard InChI is InChI=1S/C8H7BrF2S/c9-4-5-7(8(5,10)11)6-2-1-3-12-6/h1-3,5,7H,4H2/t5-,7-/m0/s1. The van der Waals surface area contributed by atoms with E-state index >= 15 is 0 Å². The molecule has 1 aliphatic carbocycles. The summed E-state index contributed by atoms with van der Waals surface area (Å²) < 4.78 is 26.0. The van der Waals surface area contributed by atoms with E-state index in [1.54, 1.807) is 6.07 Å². The molecule has 66 valence electrons. The minimum Gasteiger partial charge on any atom is -0.206 e. The summed E-state index contributed by atoms with van der Waals surface area (Å²) in [4.78, 5) is 0.810. The lowest BCUT2D eigenvalue weighted by atomic mass is 10.3. The molecule has 1 saturated carbocycles. The van der Waals surface area contributed by atoms with E-state index in [-0.39, 0.29) is 0 Å².